The lowest BCUT2D eigenvalue weighted by molar-refractivity contribution is 0.262. The molecule has 4 nitrogen and oxygen atoms in total. The normalized spacial score (nSPS) is 10.4. The minimum atomic E-state index is -0.244. The van der Waals surface area contributed by atoms with Crippen LogP contribution in [0.5, 0.6) is 0 Å². The zero-order chi connectivity index (χ0) is 19.9. The largest absolute Gasteiger partial charge is 0.372 e. The van der Waals surface area contributed by atoms with E-state index in [4.69, 9.17) is 0 Å². The molecular formula is C24H27N3O. The van der Waals surface area contributed by atoms with Crippen LogP contribution in [0.25, 0.3) is 11.1 Å². The molecule has 0 heterocycles. The molecule has 3 rings (SSSR count). The van der Waals surface area contributed by atoms with Crippen molar-refractivity contribution in [2.24, 2.45) is 0 Å². The SMILES string of the molecule is CCN(CC)c1ccc(NC(=O)Nc2ccc(-c3ccccc3)cc2)c(C)c1. The maximum Gasteiger partial charge on any atom is 0.323 e. The van der Waals surface area contributed by atoms with Crippen LogP contribution in [0.15, 0.2) is 72.8 Å². The summed E-state index contributed by atoms with van der Waals surface area (Å²) in [6, 6.07) is 23.9. The van der Waals surface area contributed by atoms with Gasteiger partial charge in [-0.1, -0.05) is 42.5 Å². The highest BCUT2D eigenvalue weighted by Gasteiger charge is 2.08. The highest BCUT2D eigenvalue weighted by molar-refractivity contribution is 6.00. The number of anilines is 3. The molecule has 0 bridgehead atoms. The second-order valence-electron chi connectivity index (χ2n) is 6.69. The molecule has 0 aliphatic heterocycles. The molecule has 3 aromatic rings. The molecule has 0 unspecified atom stereocenters. The van der Waals surface area contributed by atoms with Crippen LogP contribution in [0.2, 0.25) is 0 Å². The summed E-state index contributed by atoms with van der Waals surface area (Å²) < 4.78 is 0. The van der Waals surface area contributed by atoms with Crippen LogP contribution in [0, 0.1) is 6.92 Å². The van der Waals surface area contributed by atoms with Crippen LogP contribution in [0.4, 0.5) is 21.9 Å². The number of hydrogen-bond acceptors (Lipinski definition) is 2. The van der Waals surface area contributed by atoms with Gasteiger partial charge in [0.2, 0.25) is 0 Å². The van der Waals surface area contributed by atoms with E-state index >= 15 is 0 Å². The Morgan fingerprint density at radius 3 is 2.07 bits per heavy atom. The highest BCUT2D eigenvalue weighted by atomic mass is 16.2. The zero-order valence-electron chi connectivity index (χ0n) is 16.7. The van der Waals surface area contributed by atoms with E-state index in [2.05, 4.69) is 47.6 Å². The number of nitrogens with zero attached hydrogens (tertiary/aromatic N) is 1. The van der Waals surface area contributed by atoms with Crippen LogP contribution in [0.1, 0.15) is 19.4 Å². The van der Waals surface area contributed by atoms with E-state index in [1.165, 1.54) is 5.69 Å². The van der Waals surface area contributed by atoms with Crippen LogP contribution >= 0.6 is 0 Å². The van der Waals surface area contributed by atoms with Gasteiger partial charge in [0.05, 0.1) is 0 Å². The Hall–Kier alpha value is -3.27. The van der Waals surface area contributed by atoms with Crippen LogP contribution < -0.4 is 15.5 Å². The molecular weight excluding hydrogens is 346 g/mol. The number of nitrogens with one attached hydrogen (secondary N) is 2. The molecule has 0 fully saturated rings. The van der Waals surface area contributed by atoms with Crippen molar-refractivity contribution in [3.8, 4) is 11.1 Å². The van der Waals surface area contributed by atoms with Gasteiger partial charge in [-0.2, -0.15) is 0 Å². The summed E-state index contributed by atoms with van der Waals surface area (Å²) in [4.78, 5) is 14.7. The molecule has 144 valence electrons. The molecule has 0 saturated carbocycles. The van der Waals surface area contributed by atoms with Gasteiger partial charge >= 0.3 is 6.03 Å². The van der Waals surface area contributed by atoms with Crippen LogP contribution in [-0.2, 0) is 0 Å². The molecule has 4 heteroatoms. The Morgan fingerprint density at radius 1 is 0.821 bits per heavy atom. The number of carbonyl (C=O) groups is 1. The fourth-order valence-electron chi connectivity index (χ4n) is 3.23. The van der Waals surface area contributed by atoms with Gasteiger partial charge in [0.1, 0.15) is 0 Å². The van der Waals surface area contributed by atoms with Crippen molar-refractivity contribution in [1.82, 2.24) is 0 Å². The first-order chi connectivity index (χ1) is 13.6. The summed E-state index contributed by atoms with van der Waals surface area (Å²) in [7, 11) is 0. The molecule has 0 atom stereocenters. The number of hydrogen-bond donors (Lipinski definition) is 2. The predicted octanol–water partition coefficient (Wildman–Crippen LogP) is 6.15. The Balaban J connectivity index is 1.64. The average molecular weight is 374 g/mol. The first-order valence-electron chi connectivity index (χ1n) is 9.69. The van der Waals surface area contributed by atoms with Gasteiger partial charge in [-0.3, -0.25) is 0 Å². The molecule has 0 radical (unpaired) electrons. The van der Waals surface area contributed by atoms with E-state index in [1.54, 1.807) is 0 Å². The Morgan fingerprint density at radius 2 is 1.46 bits per heavy atom. The van der Waals surface area contributed by atoms with E-state index in [-0.39, 0.29) is 6.03 Å². The first-order valence-corrected chi connectivity index (χ1v) is 9.69. The van der Waals surface area contributed by atoms with Crippen molar-refractivity contribution in [1.29, 1.82) is 0 Å². The predicted molar refractivity (Wildman–Crippen MR) is 119 cm³/mol. The maximum absolute atomic E-state index is 12.4. The van der Waals surface area contributed by atoms with Crippen molar-refractivity contribution >= 4 is 23.1 Å². The average Bonchev–Trinajstić information content (AvgIpc) is 2.72. The number of urea groups is 1. The monoisotopic (exact) mass is 373 g/mol. The van der Waals surface area contributed by atoms with Gasteiger partial charge in [-0.05, 0) is 67.8 Å². The summed E-state index contributed by atoms with van der Waals surface area (Å²) >= 11 is 0. The number of rotatable bonds is 6. The molecule has 0 aliphatic rings. The highest BCUT2D eigenvalue weighted by Crippen LogP contribution is 2.24. The third-order valence-corrected chi connectivity index (χ3v) is 4.84. The number of carbonyl (C=O) groups excluding carboxylic acids is 1. The van der Waals surface area contributed by atoms with Crippen molar-refractivity contribution < 1.29 is 4.79 Å². The fraction of sp³-hybridized carbons (Fsp3) is 0.208. The lowest BCUT2D eigenvalue weighted by Gasteiger charge is -2.22. The molecule has 2 amide bonds. The van der Waals surface area contributed by atoms with Crippen LogP contribution in [-0.4, -0.2) is 19.1 Å². The smallest absolute Gasteiger partial charge is 0.323 e. The molecule has 0 aromatic heterocycles. The van der Waals surface area contributed by atoms with Crippen molar-refractivity contribution in [3.05, 3.63) is 78.4 Å². The first kappa shape index (κ1) is 19.5. The maximum atomic E-state index is 12.4. The third kappa shape index (κ3) is 4.71. The van der Waals surface area contributed by atoms with Gasteiger partial charge < -0.3 is 15.5 Å². The van der Waals surface area contributed by atoms with E-state index in [0.717, 1.165) is 41.2 Å². The van der Waals surface area contributed by atoms with Gasteiger partial charge in [0.15, 0.2) is 0 Å². The van der Waals surface area contributed by atoms with Crippen molar-refractivity contribution in [3.63, 3.8) is 0 Å². The van der Waals surface area contributed by atoms with Crippen molar-refractivity contribution in [2.45, 2.75) is 20.8 Å². The zero-order valence-corrected chi connectivity index (χ0v) is 16.7. The number of aryl methyl sites for hydroxylation is 1. The fourth-order valence-corrected chi connectivity index (χ4v) is 3.23. The number of amides is 2. The summed E-state index contributed by atoms with van der Waals surface area (Å²) in [6.45, 7) is 8.21. The molecule has 2 N–H and O–H groups in total. The van der Waals surface area contributed by atoms with E-state index in [0.29, 0.717) is 0 Å². The minimum Gasteiger partial charge on any atom is -0.372 e. The Kier molecular flexibility index (Phi) is 6.33. The molecule has 3 aromatic carbocycles. The van der Waals surface area contributed by atoms with E-state index in [1.807, 2.05) is 61.5 Å². The molecule has 0 spiro atoms. The van der Waals surface area contributed by atoms with E-state index in [9.17, 15) is 4.79 Å². The molecule has 28 heavy (non-hydrogen) atoms. The standard InChI is InChI=1S/C24H27N3O/c1-4-27(5-2)22-15-16-23(18(3)17-22)26-24(28)25-21-13-11-20(12-14-21)19-9-7-6-8-10-19/h6-17H,4-5H2,1-3H3,(H2,25,26,28). The number of benzene rings is 3. The second kappa shape index (κ2) is 9.09. The lowest BCUT2D eigenvalue weighted by Crippen LogP contribution is -2.22. The summed E-state index contributed by atoms with van der Waals surface area (Å²) in [6.07, 6.45) is 0. The molecule has 0 aliphatic carbocycles. The second-order valence-corrected chi connectivity index (χ2v) is 6.69. The third-order valence-electron chi connectivity index (χ3n) is 4.84. The summed E-state index contributed by atoms with van der Waals surface area (Å²) in [5, 5.41) is 5.83. The summed E-state index contributed by atoms with van der Waals surface area (Å²) in [5.74, 6) is 0. The minimum absolute atomic E-state index is 0.244. The topological polar surface area (TPSA) is 44.4 Å². The summed E-state index contributed by atoms with van der Waals surface area (Å²) in [5.41, 5.74) is 6.06. The van der Waals surface area contributed by atoms with Gasteiger partial charge in [0, 0.05) is 30.2 Å². The van der Waals surface area contributed by atoms with Crippen LogP contribution in [0.3, 0.4) is 0 Å². The van der Waals surface area contributed by atoms with Gasteiger partial charge in [-0.25, -0.2) is 4.79 Å². The van der Waals surface area contributed by atoms with Gasteiger partial charge in [0.25, 0.3) is 0 Å². The lowest BCUT2D eigenvalue weighted by atomic mass is 10.1. The Bertz CT molecular complexity index is 916. The van der Waals surface area contributed by atoms with Crippen molar-refractivity contribution in [2.75, 3.05) is 28.6 Å². The van der Waals surface area contributed by atoms with Gasteiger partial charge in [-0.15, -0.1) is 0 Å². The molecule has 0 saturated heterocycles. The Labute approximate surface area is 167 Å². The van der Waals surface area contributed by atoms with E-state index < -0.39 is 0 Å². The quantitative estimate of drug-likeness (QED) is 0.544.